The van der Waals surface area contributed by atoms with Crippen LogP contribution in [-0.4, -0.2) is 23.2 Å². The van der Waals surface area contributed by atoms with Crippen LogP contribution in [0.3, 0.4) is 0 Å². The summed E-state index contributed by atoms with van der Waals surface area (Å²) in [5.74, 6) is 0.618. The van der Waals surface area contributed by atoms with Gasteiger partial charge in [-0.1, -0.05) is 40.7 Å². The van der Waals surface area contributed by atoms with Gasteiger partial charge in [0, 0.05) is 10.8 Å². The number of halogens is 1. The molecule has 4 nitrogen and oxygen atoms in total. The number of thioether (sulfide) groups is 1. The largest absolute Gasteiger partial charge is 0.395 e. The Morgan fingerprint density at radius 3 is 2.71 bits per heavy atom. The molecule has 0 bridgehead atoms. The zero-order valence-electron chi connectivity index (χ0n) is 9.44. The van der Waals surface area contributed by atoms with Crippen molar-refractivity contribution in [2.75, 3.05) is 12.4 Å². The molecule has 0 aliphatic rings. The average Bonchev–Trinajstić information content (AvgIpc) is 2.29. The molecule has 0 fully saturated rings. The molecule has 0 unspecified atom stereocenters. The lowest BCUT2D eigenvalue weighted by molar-refractivity contribution is 0.161. The SMILES string of the molecule is CC(=NOCCSC(=N)N)c1ccc(Cl)cc1. The summed E-state index contributed by atoms with van der Waals surface area (Å²) in [5, 5.41) is 11.8. The molecule has 1 aromatic carbocycles. The minimum Gasteiger partial charge on any atom is -0.395 e. The third-order valence-corrected chi connectivity index (χ3v) is 2.83. The summed E-state index contributed by atoms with van der Waals surface area (Å²) in [6, 6.07) is 7.38. The van der Waals surface area contributed by atoms with Gasteiger partial charge in [0.05, 0.1) is 5.71 Å². The van der Waals surface area contributed by atoms with E-state index >= 15 is 0 Å². The first-order chi connectivity index (χ1) is 8.09. The van der Waals surface area contributed by atoms with Crippen molar-refractivity contribution in [2.24, 2.45) is 10.9 Å². The molecule has 0 amide bonds. The molecule has 3 N–H and O–H groups in total. The van der Waals surface area contributed by atoms with Gasteiger partial charge in [0.15, 0.2) is 5.17 Å². The Labute approximate surface area is 110 Å². The molecule has 0 spiro atoms. The number of nitrogens with zero attached hydrogens (tertiary/aromatic N) is 1. The van der Waals surface area contributed by atoms with Crippen LogP contribution < -0.4 is 5.73 Å². The van der Waals surface area contributed by atoms with Crippen molar-refractivity contribution in [3.05, 3.63) is 34.9 Å². The highest BCUT2D eigenvalue weighted by atomic mass is 35.5. The molecule has 0 aromatic heterocycles. The lowest BCUT2D eigenvalue weighted by Gasteiger charge is -2.02. The highest BCUT2D eigenvalue weighted by Gasteiger charge is 1.98. The van der Waals surface area contributed by atoms with E-state index < -0.39 is 0 Å². The maximum atomic E-state index is 7.01. The van der Waals surface area contributed by atoms with E-state index in [1.54, 1.807) is 0 Å². The Kier molecular flexibility index (Phi) is 5.86. The predicted molar refractivity (Wildman–Crippen MR) is 74.0 cm³/mol. The molecule has 0 aliphatic heterocycles. The summed E-state index contributed by atoms with van der Waals surface area (Å²) >= 11 is 7.02. The van der Waals surface area contributed by atoms with E-state index in [0.29, 0.717) is 17.4 Å². The zero-order valence-corrected chi connectivity index (χ0v) is 11.0. The summed E-state index contributed by atoms with van der Waals surface area (Å²) in [7, 11) is 0. The average molecular weight is 272 g/mol. The van der Waals surface area contributed by atoms with E-state index in [-0.39, 0.29) is 5.17 Å². The van der Waals surface area contributed by atoms with E-state index in [2.05, 4.69) is 5.16 Å². The van der Waals surface area contributed by atoms with E-state index in [1.807, 2.05) is 31.2 Å². The molecule has 17 heavy (non-hydrogen) atoms. The van der Waals surface area contributed by atoms with Crippen molar-refractivity contribution >= 4 is 34.2 Å². The fourth-order valence-corrected chi connectivity index (χ4v) is 1.58. The Morgan fingerprint density at radius 2 is 2.12 bits per heavy atom. The molecule has 1 rings (SSSR count). The summed E-state index contributed by atoms with van der Waals surface area (Å²) in [5.41, 5.74) is 6.93. The summed E-state index contributed by atoms with van der Waals surface area (Å²) in [4.78, 5) is 5.11. The van der Waals surface area contributed by atoms with Crippen LogP contribution in [-0.2, 0) is 4.84 Å². The van der Waals surface area contributed by atoms with Crippen LogP contribution in [0.4, 0.5) is 0 Å². The molecular weight excluding hydrogens is 258 g/mol. The van der Waals surface area contributed by atoms with Crippen LogP contribution in [0, 0.1) is 5.41 Å². The monoisotopic (exact) mass is 271 g/mol. The van der Waals surface area contributed by atoms with Crippen LogP contribution in [0.2, 0.25) is 5.02 Å². The topological polar surface area (TPSA) is 71.5 Å². The predicted octanol–water partition coefficient (Wildman–Crippen LogP) is 2.71. The zero-order chi connectivity index (χ0) is 12.7. The van der Waals surface area contributed by atoms with Gasteiger partial charge >= 0.3 is 0 Å². The Hall–Kier alpha value is -1.20. The minimum atomic E-state index is 0.0898. The van der Waals surface area contributed by atoms with Gasteiger partial charge in [-0.2, -0.15) is 0 Å². The van der Waals surface area contributed by atoms with Gasteiger partial charge in [-0.15, -0.1) is 0 Å². The molecule has 1 aromatic rings. The van der Waals surface area contributed by atoms with Gasteiger partial charge in [0.25, 0.3) is 0 Å². The van der Waals surface area contributed by atoms with Gasteiger partial charge in [0.2, 0.25) is 0 Å². The number of oxime groups is 1. The Morgan fingerprint density at radius 1 is 1.47 bits per heavy atom. The fraction of sp³-hybridized carbons (Fsp3) is 0.273. The van der Waals surface area contributed by atoms with Crippen LogP contribution >= 0.6 is 23.4 Å². The normalized spacial score (nSPS) is 11.3. The van der Waals surface area contributed by atoms with Crippen molar-refractivity contribution in [2.45, 2.75) is 6.92 Å². The lowest BCUT2D eigenvalue weighted by atomic mass is 10.1. The number of benzene rings is 1. The molecule has 0 saturated carbocycles. The van der Waals surface area contributed by atoms with Gasteiger partial charge in [-0.05, 0) is 24.6 Å². The summed E-state index contributed by atoms with van der Waals surface area (Å²) in [6.45, 7) is 2.29. The minimum absolute atomic E-state index is 0.0898. The van der Waals surface area contributed by atoms with E-state index in [0.717, 1.165) is 11.3 Å². The van der Waals surface area contributed by atoms with Crippen molar-refractivity contribution in [1.29, 1.82) is 5.41 Å². The maximum Gasteiger partial charge on any atom is 0.151 e. The molecule has 0 heterocycles. The number of hydrogen-bond acceptors (Lipinski definition) is 4. The Bertz CT molecular complexity index is 406. The standard InChI is InChI=1S/C11H14ClN3OS/c1-8(9-2-4-10(12)5-3-9)15-16-6-7-17-11(13)14/h2-5H,6-7H2,1H3,(H3,13,14). The van der Waals surface area contributed by atoms with Gasteiger partial charge in [0.1, 0.15) is 6.61 Å². The quantitative estimate of drug-likeness (QED) is 0.374. The molecule has 0 atom stereocenters. The first-order valence-electron chi connectivity index (χ1n) is 4.99. The summed E-state index contributed by atoms with van der Waals surface area (Å²) in [6.07, 6.45) is 0. The molecular formula is C11H14ClN3OS. The molecule has 0 aliphatic carbocycles. The second-order valence-corrected chi connectivity index (χ2v) is 4.80. The van der Waals surface area contributed by atoms with Gasteiger partial charge in [-0.3, -0.25) is 5.41 Å². The smallest absolute Gasteiger partial charge is 0.151 e. The highest BCUT2D eigenvalue weighted by Crippen LogP contribution is 2.10. The Balaban J connectivity index is 2.39. The molecule has 0 radical (unpaired) electrons. The van der Waals surface area contributed by atoms with E-state index in [1.165, 1.54) is 11.8 Å². The van der Waals surface area contributed by atoms with Crippen molar-refractivity contribution in [3.63, 3.8) is 0 Å². The molecule has 92 valence electrons. The van der Waals surface area contributed by atoms with E-state index in [9.17, 15) is 0 Å². The number of nitrogens with one attached hydrogen (secondary N) is 1. The molecule has 6 heteroatoms. The van der Waals surface area contributed by atoms with Gasteiger partial charge in [-0.25, -0.2) is 0 Å². The van der Waals surface area contributed by atoms with Crippen molar-refractivity contribution in [1.82, 2.24) is 0 Å². The maximum absolute atomic E-state index is 7.01. The number of rotatable bonds is 5. The molecule has 0 saturated heterocycles. The van der Waals surface area contributed by atoms with Gasteiger partial charge < -0.3 is 10.6 Å². The second-order valence-electron chi connectivity index (χ2n) is 3.23. The van der Waals surface area contributed by atoms with Crippen LogP contribution in [0.25, 0.3) is 0 Å². The van der Waals surface area contributed by atoms with E-state index in [4.69, 9.17) is 27.6 Å². The summed E-state index contributed by atoms with van der Waals surface area (Å²) < 4.78 is 0. The van der Waals surface area contributed by atoms with Crippen LogP contribution in [0.1, 0.15) is 12.5 Å². The first-order valence-corrected chi connectivity index (χ1v) is 6.35. The first kappa shape index (κ1) is 13.9. The third kappa shape index (κ3) is 5.60. The van der Waals surface area contributed by atoms with Crippen molar-refractivity contribution in [3.8, 4) is 0 Å². The lowest BCUT2D eigenvalue weighted by Crippen LogP contribution is -2.06. The second kappa shape index (κ2) is 7.19. The third-order valence-electron chi connectivity index (χ3n) is 1.90. The fourth-order valence-electron chi connectivity index (χ4n) is 1.08. The number of amidine groups is 1. The van der Waals surface area contributed by atoms with Crippen LogP contribution in [0.15, 0.2) is 29.4 Å². The van der Waals surface area contributed by atoms with Crippen LogP contribution in [0.5, 0.6) is 0 Å². The number of nitrogens with two attached hydrogens (primary N) is 1. The number of hydrogen-bond donors (Lipinski definition) is 2. The van der Waals surface area contributed by atoms with Crippen molar-refractivity contribution < 1.29 is 4.84 Å². The highest BCUT2D eigenvalue weighted by molar-refractivity contribution is 8.13.